The van der Waals surface area contributed by atoms with E-state index in [1.807, 2.05) is 6.26 Å². The molecule has 0 aliphatic heterocycles. The molecule has 1 aliphatic rings. The van der Waals surface area contributed by atoms with Crippen molar-refractivity contribution in [2.45, 2.75) is 28.2 Å². The first-order valence-electron chi connectivity index (χ1n) is 5.78. The first kappa shape index (κ1) is 16.0. The van der Waals surface area contributed by atoms with E-state index in [1.165, 1.54) is 0 Å². The van der Waals surface area contributed by atoms with Crippen LogP contribution in [0.4, 0.5) is 5.69 Å². The Bertz CT molecular complexity index is 619. The van der Waals surface area contributed by atoms with Gasteiger partial charge in [-0.15, -0.1) is 11.3 Å². The zero-order chi connectivity index (χ0) is 15.0. The van der Waals surface area contributed by atoms with Crippen LogP contribution in [0.1, 0.15) is 19.3 Å². The van der Waals surface area contributed by atoms with Crippen molar-refractivity contribution < 1.29 is 13.3 Å². The summed E-state index contributed by atoms with van der Waals surface area (Å²) >= 11 is 8.03. The van der Waals surface area contributed by atoms with Crippen LogP contribution in [0.15, 0.2) is 10.3 Å². The molecule has 20 heavy (non-hydrogen) atoms. The van der Waals surface area contributed by atoms with Crippen molar-refractivity contribution in [3.05, 3.63) is 20.5 Å². The molecule has 0 unspecified atom stereocenters. The first-order valence-corrected chi connectivity index (χ1v) is 9.68. The predicted molar refractivity (Wildman–Crippen MR) is 81.3 cm³/mol. The molecule has 1 heterocycles. The van der Waals surface area contributed by atoms with E-state index in [0.717, 1.165) is 25.3 Å². The number of nitrogens with one attached hydrogen (secondary N) is 1. The fraction of sp³-hybridized carbons (Fsp3) is 0.600. The van der Waals surface area contributed by atoms with Crippen LogP contribution in [0, 0.1) is 10.1 Å². The van der Waals surface area contributed by atoms with E-state index in [-0.39, 0.29) is 19.0 Å². The van der Waals surface area contributed by atoms with Gasteiger partial charge in [0.15, 0.2) is 4.34 Å². The van der Waals surface area contributed by atoms with Gasteiger partial charge in [-0.3, -0.25) is 10.1 Å². The number of thioether (sulfide) groups is 1. The molecule has 0 saturated heterocycles. The Kier molecular flexibility index (Phi) is 4.65. The lowest BCUT2D eigenvalue weighted by atomic mass is 9.84. The molecule has 0 atom stereocenters. The fourth-order valence-corrected chi connectivity index (χ4v) is 5.76. The summed E-state index contributed by atoms with van der Waals surface area (Å²) in [6.07, 6.45) is 5.00. The average molecular weight is 357 g/mol. The largest absolute Gasteiger partial charge is 0.300 e. The second-order valence-electron chi connectivity index (χ2n) is 4.55. The quantitative estimate of drug-likeness (QED) is 0.625. The van der Waals surface area contributed by atoms with Gasteiger partial charge in [0.25, 0.3) is 5.69 Å². The molecule has 1 aromatic rings. The number of hydrogen-bond acceptors (Lipinski definition) is 6. The van der Waals surface area contributed by atoms with Gasteiger partial charge in [0, 0.05) is 17.4 Å². The molecular weight excluding hydrogens is 344 g/mol. The maximum absolute atomic E-state index is 12.1. The number of rotatable bonds is 6. The lowest BCUT2D eigenvalue weighted by Crippen LogP contribution is -2.45. The molecule has 1 N–H and O–H groups in total. The number of nitro groups is 1. The van der Waals surface area contributed by atoms with Crippen LogP contribution in [0.3, 0.4) is 0 Å². The summed E-state index contributed by atoms with van der Waals surface area (Å²) in [6.45, 7) is 0.333. The van der Waals surface area contributed by atoms with E-state index < -0.39 is 14.9 Å². The Morgan fingerprint density at radius 2 is 2.25 bits per heavy atom. The second-order valence-corrected chi connectivity index (χ2v) is 9.47. The van der Waals surface area contributed by atoms with Crippen LogP contribution in [0.5, 0.6) is 0 Å². The molecule has 112 valence electrons. The molecular formula is C10H13ClN2O4S3. The van der Waals surface area contributed by atoms with Crippen molar-refractivity contribution in [2.75, 3.05) is 12.8 Å². The first-order chi connectivity index (χ1) is 9.30. The molecule has 0 spiro atoms. The van der Waals surface area contributed by atoms with Gasteiger partial charge >= 0.3 is 0 Å². The normalized spacial score (nSPS) is 17.7. The number of halogens is 1. The van der Waals surface area contributed by atoms with Crippen LogP contribution >= 0.6 is 34.7 Å². The van der Waals surface area contributed by atoms with Crippen LogP contribution in [0.25, 0.3) is 0 Å². The molecule has 0 radical (unpaired) electrons. The topological polar surface area (TPSA) is 89.3 Å². The van der Waals surface area contributed by atoms with Gasteiger partial charge in [0.05, 0.1) is 4.92 Å². The molecule has 1 fully saturated rings. The molecule has 0 aromatic carbocycles. The zero-order valence-electron chi connectivity index (χ0n) is 10.6. The Hall–Kier alpha value is -0.350. The minimum atomic E-state index is -3.75. The van der Waals surface area contributed by atoms with E-state index in [4.69, 9.17) is 11.6 Å². The molecule has 6 nitrogen and oxygen atoms in total. The number of nitrogens with zero attached hydrogens (tertiary/aromatic N) is 1. The lowest BCUT2D eigenvalue weighted by molar-refractivity contribution is -0.384. The van der Waals surface area contributed by atoms with Crippen molar-refractivity contribution >= 4 is 50.4 Å². The van der Waals surface area contributed by atoms with Crippen LogP contribution in [-0.4, -0.2) is 30.9 Å². The summed E-state index contributed by atoms with van der Waals surface area (Å²) in [5.41, 5.74) is -0.375. The molecule has 1 saturated carbocycles. The van der Waals surface area contributed by atoms with Crippen molar-refractivity contribution in [3.63, 3.8) is 0 Å². The van der Waals surface area contributed by atoms with Crippen molar-refractivity contribution in [2.24, 2.45) is 0 Å². The van der Waals surface area contributed by atoms with Crippen LogP contribution < -0.4 is 4.72 Å². The lowest BCUT2D eigenvalue weighted by Gasteiger charge is -2.40. The highest BCUT2D eigenvalue weighted by atomic mass is 35.5. The van der Waals surface area contributed by atoms with E-state index >= 15 is 0 Å². The third kappa shape index (κ3) is 3.11. The van der Waals surface area contributed by atoms with Crippen molar-refractivity contribution in [1.29, 1.82) is 0 Å². The van der Waals surface area contributed by atoms with Gasteiger partial charge in [-0.05, 0) is 19.1 Å². The molecule has 1 aliphatic carbocycles. The number of sulfonamides is 1. The Morgan fingerprint density at radius 3 is 2.65 bits per heavy atom. The Labute approximate surface area is 130 Å². The van der Waals surface area contributed by atoms with Gasteiger partial charge in [0.1, 0.15) is 4.21 Å². The van der Waals surface area contributed by atoms with E-state index in [0.29, 0.717) is 17.9 Å². The summed E-state index contributed by atoms with van der Waals surface area (Å²) in [7, 11) is -3.75. The Balaban J connectivity index is 2.14. The highest BCUT2D eigenvalue weighted by Gasteiger charge is 2.37. The third-order valence-electron chi connectivity index (χ3n) is 3.39. The summed E-state index contributed by atoms with van der Waals surface area (Å²) < 4.78 is 26.5. The molecule has 0 bridgehead atoms. The second kappa shape index (κ2) is 5.80. The van der Waals surface area contributed by atoms with Gasteiger partial charge in [-0.25, -0.2) is 13.1 Å². The van der Waals surface area contributed by atoms with E-state index in [1.54, 1.807) is 11.8 Å². The maximum Gasteiger partial charge on any atom is 0.300 e. The van der Waals surface area contributed by atoms with Crippen LogP contribution in [0.2, 0.25) is 4.34 Å². The highest BCUT2D eigenvalue weighted by Crippen LogP contribution is 2.42. The predicted octanol–water partition coefficient (Wildman–Crippen LogP) is 2.87. The van der Waals surface area contributed by atoms with Crippen LogP contribution in [-0.2, 0) is 10.0 Å². The zero-order valence-corrected chi connectivity index (χ0v) is 13.8. The monoisotopic (exact) mass is 356 g/mol. The van der Waals surface area contributed by atoms with Gasteiger partial charge in [0.2, 0.25) is 10.0 Å². The average Bonchev–Trinajstić information content (AvgIpc) is 2.71. The number of hydrogen-bond donors (Lipinski definition) is 1. The fourth-order valence-electron chi connectivity index (χ4n) is 1.92. The maximum atomic E-state index is 12.1. The van der Waals surface area contributed by atoms with Crippen molar-refractivity contribution in [1.82, 2.24) is 4.72 Å². The van der Waals surface area contributed by atoms with Crippen molar-refractivity contribution in [3.8, 4) is 0 Å². The SMILES string of the molecule is CSC1(CNS(=O)(=O)c2cc([N+](=O)[O-])c(Cl)s2)CCC1. The minimum absolute atomic E-state index is 0.0416. The summed E-state index contributed by atoms with van der Waals surface area (Å²) in [5, 5.41) is 10.7. The summed E-state index contributed by atoms with van der Waals surface area (Å²) in [6, 6.07) is 1.00. The van der Waals surface area contributed by atoms with E-state index in [9.17, 15) is 18.5 Å². The summed E-state index contributed by atoms with van der Waals surface area (Å²) in [5.74, 6) is 0. The van der Waals surface area contributed by atoms with Gasteiger partial charge < -0.3 is 0 Å². The standard InChI is InChI=1S/C10H13ClN2O4S3/c1-18-10(3-2-4-10)6-12-20(16,17)8-5-7(13(14)15)9(11)19-8/h5,12H,2-4,6H2,1H3. The highest BCUT2D eigenvalue weighted by molar-refractivity contribution is 8.00. The third-order valence-corrected chi connectivity index (χ3v) is 8.02. The van der Waals surface area contributed by atoms with E-state index in [2.05, 4.69) is 4.72 Å². The minimum Gasteiger partial charge on any atom is -0.258 e. The Morgan fingerprint density at radius 1 is 1.60 bits per heavy atom. The smallest absolute Gasteiger partial charge is 0.258 e. The van der Waals surface area contributed by atoms with Gasteiger partial charge in [-0.2, -0.15) is 11.8 Å². The van der Waals surface area contributed by atoms with Gasteiger partial charge in [-0.1, -0.05) is 18.0 Å². The molecule has 10 heteroatoms. The number of thiophene rings is 1. The molecule has 1 aromatic heterocycles. The molecule has 2 rings (SSSR count). The summed E-state index contributed by atoms with van der Waals surface area (Å²) in [4.78, 5) is 10.0. The molecule has 0 amide bonds.